The van der Waals surface area contributed by atoms with Gasteiger partial charge in [0.05, 0.1) is 13.7 Å². The van der Waals surface area contributed by atoms with Gasteiger partial charge >= 0.3 is 0 Å². The maximum atomic E-state index is 13.5. The van der Waals surface area contributed by atoms with Crippen molar-refractivity contribution < 1.29 is 13.9 Å². The number of nitrogens with zero attached hydrogens (tertiary/aromatic N) is 1. The van der Waals surface area contributed by atoms with E-state index < -0.39 is 5.82 Å². The van der Waals surface area contributed by atoms with Crippen LogP contribution in [0, 0.1) is 5.82 Å². The van der Waals surface area contributed by atoms with Crippen LogP contribution in [0.4, 0.5) is 4.39 Å². The van der Waals surface area contributed by atoms with E-state index >= 15 is 0 Å². The molecule has 1 aromatic rings. The van der Waals surface area contributed by atoms with Crippen LogP contribution in [0.25, 0.3) is 0 Å². The third kappa shape index (κ3) is 3.56. The van der Waals surface area contributed by atoms with Crippen LogP contribution in [0.15, 0.2) is 30.9 Å². The summed E-state index contributed by atoms with van der Waals surface area (Å²) in [6.45, 7) is 4.17. The predicted octanol–water partition coefficient (Wildman–Crippen LogP) is 1.31. The Labute approximate surface area is 106 Å². The highest BCUT2D eigenvalue weighted by Gasteiger charge is 2.12. The second-order valence-corrected chi connectivity index (χ2v) is 3.74. The van der Waals surface area contributed by atoms with Gasteiger partial charge in [0.15, 0.2) is 11.6 Å². The minimum absolute atomic E-state index is 0.0769. The number of ether oxygens (including phenoxy) is 1. The highest BCUT2D eigenvalue weighted by molar-refractivity contribution is 5.78. The molecule has 0 aromatic heterocycles. The molecular weight excluding hydrogens is 235 g/mol. The minimum Gasteiger partial charge on any atom is -0.494 e. The standard InChI is InChI=1S/C13H17FN2O2/c1-3-6-16(13(17)8-15)9-10-4-5-12(18-2)11(14)7-10/h3-5,7H,1,6,8-9,15H2,2H3. The molecule has 0 radical (unpaired) electrons. The zero-order valence-electron chi connectivity index (χ0n) is 10.4. The van der Waals surface area contributed by atoms with Gasteiger partial charge in [-0.3, -0.25) is 4.79 Å². The van der Waals surface area contributed by atoms with Crippen LogP contribution in [0.1, 0.15) is 5.56 Å². The topological polar surface area (TPSA) is 55.6 Å². The van der Waals surface area contributed by atoms with Crippen molar-refractivity contribution >= 4 is 5.91 Å². The lowest BCUT2D eigenvalue weighted by Gasteiger charge is -2.20. The van der Waals surface area contributed by atoms with E-state index in [-0.39, 0.29) is 18.2 Å². The average molecular weight is 252 g/mol. The first-order valence-corrected chi connectivity index (χ1v) is 5.53. The first-order chi connectivity index (χ1) is 8.62. The molecular formula is C13H17FN2O2. The molecule has 0 aliphatic heterocycles. The molecule has 0 aliphatic carbocycles. The number of halogens is 1. The van der Waals surface area contributed by atoms with Crippen molar-refractivity contribution in [1.29, 1.82) is 0 Å². The molecule has 0 saturated carbocycles. The van der Waals surface area contributed by atoms with E-state index in [4.69, 9.17) is 10.5 Å². The lowest BCUT2D eigenvalue weighted by atomic mass is 10.2. The molecule has 0 aliphatic rings. The molecule has 0 atom stereocenters. The fourth-order valence-corrected chi connectivity index (χ4v) is 1.57. The fraction of sp³-hybridized carbons (Fsp3) is 0.308. The van der Waals surface area contributed by atoms with Crippen LogP contribution >= 0.6 is 0 Å². The largest absolute Gasteiger partial charge is 0.494 e. The Morgan fingerprint density at radius 3 is 2.83 bits per heavy atom. The maximum absolute atomic E-state index is 13.5. The Hall–Kier alpha value is -1.88. The van der Waals surface area contributed by atoms with Crippen molar-refractivity contribution in [2.75, 3.05) is 20.2 Å². The molecule has 0 heterocycles. The van der Waals surface area contributed by atoms with E-state index in [2.05, 4.69) is 6.58 Å². The van der Waals surface area contributed by atoms with Crippen molar-refractivity contribution in [3.63, 3.8) is 0 Å². The number of hydrogen-bond acceptors (Lipinski definition) is 3. The molecule has 0 saturated heterocycles. The Kier molecular flexibility index (Phi) is 5.32. The van der Waals surface area contributed by atoms with Crippen LogP contribution < -0.4 is 10.5 Å². The number of hydrogen-bond donors (Lipinski definition) is 1. The molecule has 18 heavy (non-hydrogen) atoms. The van der Waals surface area contributed by atoms with E-state index in [1.165, 1.54) is 24.1 Å². The molecule has 0 fully saturated rings. The molecule has 5 heteroatoms. The summed E-state index contributed by atoms with van der Waals surface area (Å²) in [7, 11) is 1.40. The summed E-state index contributed by atoms with van der Waals surface area (Å²) >= 11 is 0. The first-order valence-electron chi connectivity index (χ1n) is 5.53. The molecule has 0 unspecified atom stereocenters. The van der Waals surface area contributed by atoms with Crippen LogP contribution in [0.3, 0.4) is 0 Å². The van der Waals surface area contributed by atoms with Gasteiger partial charge < -0.3 is 15.4 Å². The van der Waals surface area contributed by atoms with Crippen LogP contribution in [-0.4, -0.2) is 31.0 Å². The molecule has 2 N–H and O–H groups in total. The monoisotopic (exact) mass is 252 g/mol. The quantitative estimate of drug-likeness (QED) is 0.777. The lowest BCUT2D eigenvalue weighted by Crippen LogP contribution is -2.35. The van der Waals surface area contributed by atoms with Crippen LogP contribution in [0.2, 0.25) is 0 Å². The summed E-state index contributed by atoms with van der Waals surface area (Å²) in [5, 5.41) is 0. The smallest absolute Gasteiger partial charge is 0.236 e. The summed E-state index contributed by atoms with van der Waals surface area (Å²) in [6.07, 6.45) is 1.60. The molecule has 1 amide bonds. The van der Waals surface area contributed by atoms with Gasteiger partial charge in [0.2, 0.25) is 5.91 Å². The van der Waals surface area contributed by atoms with Gasteiger partial charge in [0.25, 0.3) is 0 Å². The zero-order chi connectivity index (χ0) is 13.5. The number of benzene rings is 1. The molecule has 1 rings (SSSR count). The normalized spacial score (nSPS) is 9.94. The Balaban J connectivity index is 2.83. The maximum Gasteiger partial charge on any atom is 0.236 e. The first kappa shape index (κ1) is 14.2. The summed E-state index contributed by atoms with van der Waals surface area (Å²) in [4.78, 5) is 13.1. The number of carbonyl (C=O) groups is 1. The van der Waals surface area contributed by atoms with E-state index in [1.807, 2.05) is 0 Å². The Bertz CT molecular complexity index is 435. The van der Waals surface area contributed by atoms with E-state index in [1.54, 1.807) is 12.1 Å². The van der Waals surface area contributed by atoms with Gasteiger partial charge in [-0.15, -0.1) is 6.58 Å². The minimum atomic E-state index is -0.450. The van der Waals surface area contributed by atoms with Gasteiger partial charge in [0.1, 0.15) is 0 Å². The van der Waals surface area contributed by atoms with Crippen LogP contribution in [0.5, 0.6) is 5.75 Å². The Morgan fingerprint density at radius 2 is 2.33 bits per heavy atom. The van der Waals surface area contributed by atoms with Crippen molar-refractivity contribution in [3.05, 3.63) is 42.2 Å². The third-order valence-electron chi connectivity index (χ3n) is 2.47. The number of carbonyl (C=O) groups excluding carboxylic acids is 1. The van der Waals surface area contributed by atoms with E-state index in [0.29, 0.717) is 18.7 Å². The Morgan fingerprint density at radius 1 is 1.61 bits per heavy atom. The van der Waals surface area contributed by atoms with Crippen molar-refractivity contribution in [2.24, 2.45) is 5.73 Å². The molecule has 0 bridgehead atoms. The van der Waals surface area contributed by atoms with Gasteiger partial charge in [-0.1, -0.05) is 12.1 Å². The highest BCUT2D eigenvalue weighted by atomic mass is 19.1. The number of nitrogens with two attached hydrogens (primary N) is 1. The number of rotatable bonds is 6. The highest BCUT2D eigenvalue weighted by Crippen LogP contribution is 2.18. The van der Waals surface area contributed by atoms with E-state index in [9.17, 15) is 9.18 Å². The van der Waals surface area contributed by atoms with Crippen molar-refractivity contribution in [1.82, 2.24) is 4.90 Å². The zero-order valence-corrected chi connectivity index (χ0v) is 10.4. The summed E-state index contributed by atoms with van der Waals surface area (Å²) in [5.41, 5.74) is 5.99. The average Bonchev–Trinajstić information content (AvgIpc) is 2.37. The van der Waals surface area contributed by atoms with Crippen LogP contribution in [-0.2, 0) is 11.3 Å². The fourth-order valence-electron chi connectivity index (χ4n) is 1.57. The van der Waals surface area contributed by atoms with Crippen molar-refractivity contribution in [2.45, 2.75) is 6.54 Å². The summed E-state index contributed by atoms with van der Waals surface area (Å²) in [6, 6.07) is 4.59. The van der Waals surface area contributed by atoms with Gasteiger partial charge in [-0.25, -0.2) is 4.39 Å². The number of amides is 1. The second kappa shape index (κ2) is 6.76. The van der Waals surface area contributed by atoms with Gasteiger partial charge in [-0.2, -0.15) is 0 Å². The molecule has 4 nitrogen and oxygen atoms in total. The number of methoxy groups -OCH3 is 1. The molecule has 1 aromatic carbocycles. The molecule has 0 spiro atoms. The lowest BCUT2D eigenvalue weighted by molar-refractivity contribution is -0.129. The molecule has 98 valence electrons. The summed E-state index contributed by atoms with van der Waals surface area (Å²) < 4.78 is 18.3. The SMILES string of the molecule is C=CCN(Cc1ccc(OC)c(F)c1)C(=O)CN. The second-order valence-electron chi connectivity index (χ2n) is 3.74. The third-order valence-corrected chi connectivity index (χ3v) is 2.47. The van der Waals surface area contributed by atoms with Crippen molar-refractivity contribution in [3.8, 4) is 5.75 Å². The van der Waals surface area contributed by atoms with Gasteiger partial charge in [-0.05, 0) is 17.7 Å². The van der Waals surface area contributed by atoms with E-state index in [0.717, 1.165) is 0 Å². The van der Waals surface area contributed by atoms with Gasteiger partial charge in [0, 0.05) is 13.1 Å². The summed E-state index contributed by atoms with van der Waals surface area (Å²) in [5.74, 6) is -0.473. The predicted molar refractivity (Wildman–Crippen MR) is 67.6 cm³/mol.